The summed E-state index contributed by atoms with van der Waals surface area (Å²) >= 11 is 17.7. The highest BCUT2D eigenvalue weighted by Gasteiger charge is 2.35. The van der Waals surface area contributed by atoms with Gasteiger partial charge in [-0.25, -0.2) is 0 Å². The molecular formula is C16H22Cl3NO4. The minimum atomic E-state index is -1.78. The smallest absolute Gasteiger partial charge is 0.253 e. The number of halogens is 3. The molecule has 1 unspecified atom stereocenters. The number of ether oxygens (including phenoxy) is 3. The maximum atomic E-state index is 12.4. The molecule has 0 radical (unpaired) electrons. The fourth-order valence-corrected chi connectivity index (χ4v) is 2.30. The van der Waals surface area contributed by atoms with E-state index in [4.69, 9.17) is 49.0 Å². The van der Waals surface area contributed by atoms with Gasteiger partial charge >= 0.3 is 0 Å². The highest BCUT2D eigenvalue weighted by molar-refractivity contribution is 6.68. The topological polar surface area (TPSA) is 56.8 Å². The van der Waals surface area contributed by atoms with E-state index in [1.54, 1.807) is 18.2 Å². The molecule has 136 valence electrons. The summed E-state index contributed by atoms with van der Waals surface area (Å²) in [5.74, 6) is 0.505. The summed E-state index contributed by atoms with van der Waals surface area (Å²) in [7, 11) is 3.00. The fraction of sp³-hybridized carbons (Fsp3) is 0.562. The molecule has 0 aliphatic rings. The number of unbranched alkanes of at least 4 members (excludes halogenated alkanes) is 2. The zero-order chi connectivity index (χ0) is 18.2. The summed E-state index contributed by atoms with van der Waals surface area (Å²) in [4.78, 5) is 12.4. The zero-order valence-electron chi connectivity index (χ0n) is 13.9. The summed E-state index contributed by atoms with van der Waals surface area (Å²) in [6.45, 7) is 2.46. The molecule has 5 nitrogen and oxygen atoms in total. The first kappa shape index (κ1) is 21.2. The van der Waals surface area contributed by atoms with Crippen LogP contribution in [0.1, 0.15) is 36.5 Å². The van der Waals surface area contributed by atoms with E-state index in [0.717, 1.165) is 19.3 Å². The Kier molecular flexibility index (Phi) is 8.98. The Morgan fingerprint density at radius 2 is 1.83 bits per heavy atom. The first-order valence-electron chi connectivity index (χ1n) is 7.54. The van der Waals surface area contributed by atoms with Crippen LogP contribution in [0, 0.1) is 0 Å². The van der Waals surface area contributed by atoms with Gasteiger partial charge in [0, 0.05) is 12.2 Å². The molecule has 1 amide bonds. The van der Waals surface area contributed by atoms with Gasteiger partial charge in [0.15, 0.2) is 17.7 Å². The molecule has 1 aromatic carbocycles. The number of methoxy groups -OCH3 is 2. The van der Waals surface area contributed by atoms with E-state index in [-0.39, 0.29) is 0 Å². The molecule has 24 heavy (non-hydrogen) atoms. The molecule has 0 bridgehead atoms. The van der Waals surface area contributed by atoms with E-state index < -0.39 is 15.9 Å². The second-order valence-corrected chi connectivity index (χ2v) is 7.41. The van der Waals surface area contributed by atoms with E-state index in [0.29, 0.717) is 23.7 Å². The highest BCUT2D eigenvalue weighted by atomic mass is 35.6. The third-order valence-electron chi connectivity index (χ3n) is 3.24. The molecule has 1 N–H and O–H groups in total. The van der Waals surface area contributed by atoms with Crippen LogP contribution in [0.15, 0.2) is 18.2 Å². The Morgan fingerprint density at radius 1 is 1.17 bits per heavy atom. The SMILES string of the molecule is CCCCCOC(NC(=O)c1ccc(OC)c(OC)c1)C(Cl)(Cl)Cl. The van der Waals surface area contributed by atoms with Crippen molar-refractivity contribution in [2.24, 2.45) is 0 Å². The van der Waals surface area contributed by atoms with Crippen molar-refractivity contribution in [3.63, 3.8) is 0 Å². The molecule has 0 aliphatic carbocycles. The number of rotatable bonds is 9. The zero-order valence-corrected chi connectivity index (χ0v) is 16.2. The number of nitrogens with one attached hydrogen (secondary N) is 1. The number of carbonyl (C=O) groups excluding carboxylic acids is 1. The van der Waals surface area contributed by atoms with Crippen molar-refractivity contribution in [2.45, 2.75) is 36.2 Å². The van der Waals surface area contributed by atoms with Gasteiger partial charge in [0.2, 0.25) is 3.79 Å². The van der Waals surface area contributed by atoms with Crippen molar-refractivity contribution in [1.29, 1.82) is 0 Å². The monoisotopic (exact) mass is 397 g/mol. The van der Waals surface area contributed by atoms with Crippen molar-refractivity contribution in [3.05, 3.63) is 23.8 Å². The molecule has 1 aromatic rings. The lowest BCUT2D eigenvalue weighted by atomic mass is 10.2. The van der Waals surface area contributed by atoms with Gasteiger partial charge in [-0.15, -0.1) is 0 Å². The lowest BCUT2D eigenvalue weighted by molar-refractivity contribution is 0.0282. The average Bonchev–Trinajstić information content (AvgIpc) is 2.55. The van der Waals surface area contributed by atoms with E-state index in [1.807, 2.05) is 0 Å². The van der Waals surface area contributed by atoms with Gasteiger partial charge in [-0.3, -0.25) is 4.79 Å². The Morgan fingerprint density at radius 3 is 2.38 bits per heavy atom. The number of alkyl halides is 3. The summed E-state index contributed by atoms with van der Waals surface area (Å²) in [5.41, 5.74) is 0.337. The molecule has 0 saturated heterocycles. The normalized spacial score (nSPS) is 12.6. The van der Waals surface area contributed by atoms with Crippen LogP contribution in [0.25, 0.3) is 0 Å². The summed E-state index contributed by atoms with van der Waals surface area (Å²) < 4.78 is 14.1. The van der Waals surface area contributed by atoms with Crippen LogP contribution in [0.4, 0.5) is 0 Å². The molecule has 0 aliphatic heterocycles. The Bertz CT molecular complexity index is 535. The fourth-order valence-electron chi connectivity index (χ4n) is 1.95. The van der Waals surface area contributed by atoms with Crippen molar-refractivity contribution >= 4 is 40.7 Å². The van der Waals surface area contributed by atoms with E-state index in [2.05, 4.69) is 12.2 Å². The van der Waals surface area contributed by atoms with Crippen LogP contribution in [-0.2, 0) is 4.74 Å². The van der Waals surface area contributed by atoms with Gasteiger partial charge in [-0.1, -0.05) is 54.6 Å². The second kappa shape index (κ2) is 10.2. The van der Waals surface area contributed by atoms with Gasteiger partial charge in [0.1, 0.15) is 0 Å². The number of benzene rings is 1. The molecule has 0 heterocycles. The standard InChI is InChI=1S/C16H22Cl3NO4/c1-4-5-6-9-24-15(16(17,18)19)20-14(21)11-7-8-12(22-2)13(10-11)23-3/h7-8,10,15H,4-6,9H2,1-3H3,(H,20,21). The van der Waals surface area contributed by atoms with Gasteiger partial charge in [0.25, 0.3) is 5.91 Å². The first-order chi connectivity index (χ1) is 11.3. The number of carbonyl (C=O) groups is 1. The highest BCUT2D eigenvalue weighted by Crippen LogP contribution is 2.32. The minimum Gasteiger partial charge on any atom is -0.493 e. The number of hydrogen-bond donors (Lipinski definition) is 1. The predicted octanol–water partition coefficient (Wildman–Crippen LogP) is 4.34. The molecule has 0 aromatic heterocycles. The Labute approximate surface area is 157 Å². The van der Waals surface area contributed by atoms with Gasteiger partial charge < -0.3 is 19.5 Å². The van der Waals surface area contributed by atoms with Crippen LogP contribution in [-0.4, -0.2) is 36.8 Å². The van der Waals surface area contributed by atoms with Gasteiger partial charge in [0.05, 0.1) is 14.2 Å². The Hall–Kier alpha value is -0.880. The van der Waals surface area contributed by atoms with Crippen LogP contribution >= 0.6 is 34.8 Å². The minimum absolute atomic E-state index is 0.337. The molecule has 8 heteroatoms. The molecule has 0 spiro atoms. The second-order valence-electron chi connectivity index (χ2n) is 5.04. The van der Waals surface area contributed by atoms with Gasteiger partial charge in [-0.2, -0.15) is 0 Å². The Balaban J connectivity index is 2.80. The van der Waals surface area contributed by atoms with Crippen LogP contribution < -0.4 is 14.8 Å². The maximum absolute atomic E-state index is 12.4. The third kappa shape index (κ3) is 6.55. The maximum Gasteiger partial charge on any atom is 0.253 e. The first-order valence-corrected chi connectivity index (χ1v) is 8.68. The molecule has 1 rings (SSSR count). The summed E-state index contributed by atoms with van der Waals surface area (Å²) in [6.07, 6.45) is 1.80. The average molecular weight is 399 g/mol. The summed E-state index contributed by atoms with van der Waals surface area (Å²) in [5, 5.41) is 2.59. The quantitative estimate of drug-likeness (QED) is 0.382. The molecule has 1 atom stereocenters. The van der Waals surface area contributed by atoms with E-state index in [9.17, 15) is 4.79 Å². The lowest BCUT2D eigenvalue weighted by Gasteiger charge is -2.25. The van der Waals surface area contributed by atoms with Crippen molar-refractivity contribution < 1.29 is 19.0 Å². The number of amides is 1. The van der Waals surface area contributed by atoms with Crippen LogP contribution in [0.2, 0.25) is 0 Å². The summed E-state index contributed by atoms with van der Waals surface area (Å²) in [6, 6.07) is 4.75. The van der Waals surface area contributed by atoms with Gasteiger partial charge in [-0.05, 0) is 24.6 Å². The van der Waals surface area contributed by atoms with Crippen molar-refractivity contribution in [3.8, 4) is 11.5 Å². The largest absolute Gasteiger partial charge is 0.493 e. The van der Waals surface area contributed by atoms with E-state index >= 15 is 0 Å². The van der Waals surface area contributed by atoms with E-state index in [1.165, 1.54) is 14.2 Å². The number of hydrogen-bond acceptors (Lipinski definition) is 4. The van der Waals surface area contributed by atoms with Crippen molar-refractivity contribution in [1.82, 2.24) is 5.32 Å². The molecular weight excluding hydrogens is 377 g/mol. The van der Waals surface area contributed by atoms with Crippen LogP contribution in [0.5, 0.6) is 11.5 Å². The molecule has 0 fully saturated rings. The van der Waals surface area contributed by atoms with Crippen molar-refractivity contribution in [2.75, 3.05) is 20.8 Å². The van der Waals surface area contributed by atoms with Crippen LogP contribution in [0.3, 0.4) is 0 Å². The third-order valence-corrected chi connectivity index (χ3v) is 3.83. The predicted molar refractivity (Wildman–Crippen MR) is 96.6 cm³/mol. The lowest BCUT2D eigenvalue weighted by Crippen LogP contribution is -2.45. The molecule has 0 saturated carbocycles.